The van der Waals surface area contributed by atoms with Gasteiger partial charge < -0.3 is 11.1 Å². The molecule has 0 aliphatic heterocycles. The fourth-order valence-electron chi connectivity index (χ4n) is 0.779. The van der Waals surface area contributed by atoms with Crippen molar-refractivity contribution in [2.45, 2.75) is 21.3 Å². The standard InChI is InChI=1S/C8H10N2O.C2H6.CH4/c1-10-8(11)6-2-4-7(9)5-3-6;1-2;/h2-5H,9H2,1H3,(H,10,11);1-2H3;1H4. The summed E-state index contributed by atoms with van der Waals surface area (Å²) in [6, 6.07) is 6.78. The van der Waals surface area contributed by atoms with Crippen molar-refractivity contribution in [1.29, 1.82) is 0 Å². The lowest BCUT2D eigenvalue weighted by Crippen LogP contribution is -2.17. The molecule has 14 heavy (non-hydrogen) atoms. The summed E-state index contributed by atoms with van der Waals surface area (Å²) < 4.78 is 0. The minimum Gasteiger partial charge on any atom is -0.399 e. The summed E-state index contributed by atoms with van der Waals surface area (Å²) in [6.45, 7) is 4.00. The maximum absolute atomic E-state index is 11.0. The third-order valence-electron chi connectivity index (χ3n) is 1.40. The van der Waals surface area contributed by atoms with Crippen LogP contribution in [0.4, 0.5) is 5.69 Å². The number of rotatable bonds is 1. The fraction of sp³-hybridized carbons (Fsp3) is 0.364. The van der Waals surface area contributed by atoms with Gasteiger partial charge in [-0.25, -0.2) is 0 Å². The van der Waals surface area contributed by atoms with Crippen LogP contribution >= 0.6 is 0 Å². The Balaban J connectivity index is 0. The Kier molecular flexibility index (Phi) is 8.68. The van der Waals surface area contributed by atoms with Crippen LogP contribution in [0.2, 0.25) is 0 Å². The molecule has 0 aromatic heterocycles. The predicted molar refractivity (Wildman–Crippen MR) is 62.3 cm³/mol. The summed E-state index contributed by atoms with van der Waals surface area (Å²) in [5.74, 6) is -0.0926. The number of anilines is 1. The Hall–Kier alpha value is -1.51. The lowest BCUT2D eigenvalue weighted by Gasteiger charge is -1.98. The molecule has 0 radical (unpaired) electrons. The van der Waals surface area contributed by atoms with Gasteiger partial charge in [0.2, 0.25) is 0 Å². The zero-order valence-electron chi connectivity index (χ0n) is 8.29. The highest BCUT2D eigenvalue weighted by Gasteiger charge is 1.99. The summed E-state index contributed by atoms with van der Waals surface area (Å²) in [5.41, 5.74) is 6.73. The maximum atomic E-state index is 11.0. The van der Waals surface area contributed by atoms with E-state index in [1.165, 1.54) is 0 Å². The highest BCUT2D eigenvalue weighted by molar-refractivity contribution is 5.94. The molecular weight excluding hydrogens is 176 g/mol. The normalized spacial score (nSPS) is 7.64. The summed E-state index contributed by atoms with van der Waals surface area (Å²) in [7, 11) is 1.60. The van der Waals surface area contributed by atoms with Crippen molar-refractivity contribution >= 4 is 11.6 Å². The largest absolute Gasteiger partial charge is 0.399 e. The predicted octanol–water partition coefficient (Wildman–Crippen LogP) is 2.29. The van der Waals surface area contributed by atoms with Gasteiger partial charge in [0.25, 0.3) is 5.91 Å². The molecule has 0 aliphatic carbocycles. The first-order valence-electron chi connectivity index (χ1n) is 4.31. The molecule has 1 amide bonds. The SMILES string of the molecule is C.CC.CNC(=O)c1ccc(N)cc1. The van der Waals surface area contributed by atoms with Crippen LogP contribution in [-0.2, 0) is 0 Å². The van der Waals surface area contributed by atoms with Gasteiger partial charge in [-0.15, -0.1) is 0 Å². The third-order valence-corrected chi connectivity index (χ3v) is 1.40. The third kappa shape index (κ3) is 4.50. The van der Waals surface area contributed by atoms with E-state index in [-0.39, 0.29) is 13.3 Å². The van der Waals surface area contributed by atoms with Crippen LogP contribution < -0.4 is 11.1 Å². The molecule has 1 aromatic carbocycles. The van der Waals surface area contributed by atoms with Crippen LogP contribution in [0.25, 0.3) is 0 Å². The number of hydrogen-bond acceptors (Lipinski definition) is 2. The molecule has 3 N–H and O–H groups in total. The minimum absolute atomic E-state index is 0. The van der Waals surface area contributed by atoms with E-state index < -0.39 is 0 Å². The Bertz CT molecular complexity index is 254. The van der Waals surface area contributed by atoms with Crippen LogP contribution in [0.15, 0.2) is 24.3 Å². The summed E-state index contributed by atoms with van der Waals surface area (Å²) >= 11 is 0. The van der Waals surface area contributed by atoms with Gasteiger partial charge in [-0.05, 0) is 24.3 Å². The van der Waals surface area contributed by atoms with Gasteiger partial charge in [0.1, 0.15) is 0 Å². The van der Waals surface area contributed by atoms with Crippen molar-refractivity contribution in [2.75, 3.05) is 12.8 Å². The van der Waals surface area contributed by atoms with E-state index in [0.717, 1.165) is 0 Å². The van der Waals surface area contributed by atoms with Gasteiger partial charge >= 0.3 is 0 Å². The second-order valence-electron chi connectivity index (χ2n) is 2.20. The number of hydrogen-bond donors (Lipinski definition) is 2. The first kappa shape index (κ1) is 15.0. The first-order valence-corrected chi connectivity index (χ1v) is 4.31. The Labute approximate surface area is 86.3 Å². The number of carbonyl (C=O) groups excluding carboxylic acids is 1. The molecule has 3 heteroatoms. The van der Waals surface area contributed by atoms with Gasteiger partial charge in [0, 0.05) is 18.3 Å². The molecule has 0 aliphatic rings. The van der Waals surface area contributed by atoms with Crippen molar-refractivity contribution in [3.63, 3.8) is 0 Å². The molecular formula is C11H20N2O. The van der Waals surface area contributed by atoms with Crippen molar-refractivity contribution in [3.8, 4) is 0 Å². The topological polar surface area (TPSA) is 55.1 Å². The molecule has 0 fully saturated rings. The molecule has 0 bridgehead atoms. The first-order chi connectivity index (χ1) is 6.24. The van der Waals surface area contributed by atoms with E-state index in [4.69, 9.17) is 5.73 Å². The quantitative estimate of drug-likeness (QED) is 0.677. The molecule has 0 atom stereocenters. The zero-order chi connectivity index (χ0) is 10.3. The number of nitrogens with two attached hydrogens (primary N) is 1. The van der Waals surface area contributed by atoms with E-state index in [1.807, 2.05) is 13.8 Å². The minimum atomic E-state index is -0.0926. The second-order valence-corrected chi connectivity index (χ2v) is 2.20. The van der Waals surface area contributed by atoms with Crippen LogP contribution in [0.1, 0.15) is 31.6 Å². The van der Waals surface area contributed by atoms with Crippen LogP contribution in [0.3, 0.4) is 0 Å². The number of nitrogen functional groups attached to an aromatic ring is 1. The van der Waals surface area contributed by atoms with Crippen molar-refractivity contribution in [3.05, 3.63) is 29.8 Å². The highest BCUT2D eigenvalue weighted by atomic mass is 16.1. The van der Waals surface area contributed by atoms with Crippen molar-refractivity contribution in [1.82, 2.24) is 5.32 Å². The van der Waals surface area contributed by atoms with E-state index in [2.05, 4.69) is 5.32 Å². The smallest absolute Gasteiger partial charge is 0.251 e. The average molecular weight is 196 g/mol. The van der Waals surface area contributed by atoms with Crippen molar-refractivity contribution < 1.29 is 4.79 Å². The van der Waals surface area contributed by atoms with E-state index >= 15 is 0 Å². The van der Waals surface area contributed by atoms with Crippen LogP contribution in [-0.4, -0.2) is 13.0 Å². The molecule has 0 saturated heterocycles. The molecule has 3 nitrogen and oxygen atoms in total. The Morgan fingerprint density at radius 2 is 1.64 bits per heavy atom. The van der Waals surface area contributed by atoms with Gasteiger partial charge in [0.05, 0.1) is 0 Å². The maximum Gasteiger partial charge on any atom is 0.251 e. The average Bonchev–Trinajstić information content (AvgIpc) is 2.21. The molecule has 0 saturated carbocycles. The van der Waals surface area contributed by atoms with Crippen molar-refractivity contribution in [2.24, 2.45) is 0 Å². The van der Waals surface area contributed by atoms with Gasteiger partial charge in [-0.1, -0.05) is 21.3 Å². The number of benzene rings is 1. The summed E-state index contributed by atoms with van der Waals surface area (Å²) in [5, 5.41) is 2.52. The van der Waals surface area contributed by atoms with E-state index in [9.17, 15) is 4.79 Å². The Morgan fingerprint density at radius 1 is 1.21 bits per heavy atom. The van der Waals surface area contributed by atoms with Gasteiger partial charge in [-0.2, -0.15) is 0 Å². The van der Waals surface area contributed by atoms with E-state index in [0.29, 0.717) is 11.3 Å². The zero-order valence-corrected chi connectivity index (χ0v) is 8.29. The lowest BCUT2D eigenvalue weighted by atomic mass is 10.2. The fourth-order valence-corrected chi connectivity index (χ4v) is 0.779. The van der Waals surface area contributed by atoms with Gasteiger partial charge in [-0.3, -0.25) is 4.79 Å². The lowest BCUT2D eigenvalue weighted by molar-refractivity contribution is 0.0963. The highest BCUT2D eigenvalue weighted by Crippen LogP contribution is 2.04. The van der Waals surface area contributed by atoms with E-state index in [1.54, 1.807) is 31.3 Å². The van der Waals surface area contributed by atoms with Crippen LogP contribution in [0, 0.1) is 0 Å². The summed E-state index contributed by atoms with van der Waals surface area (Å²) in [4.78, 5) is 11.0. The molecule has 0 spiro atoms. The molecule has 0 heterocycles. The van der Waals surface area contributed by atoms with Gasteiger partial charge in [0.15, 0.2) is 0 Å². The number of amides is 1. The van der Waals surface area contributed by atoms with Crippen LogP contribution in [0.5, 0.6) is 0 Å². The number of nitrogens with one attached hydrogen (secondary N) is 1. The Morgan fingerprint density at radius 3 is 2.00 bits per heavy atom. The molecule has 1 aromatic rings. The number of carbonyl (C=O) groups is 1. The second kappa shape index (κ2) is 8.10. The summed E-state index contributed by atoms with van der Waals surface area (Å²) in [6.07, 6.45) is 0. The molecule has 0 unspecified atom stereocenters. The monoisotopic (exact) mass is 196 g/mol. The molecule has 1 rings (SSSR count). The molecule has 80 valence electrons.